The van der Waals surface area contributed by atoms with Crippen LogP contribution in [-0.2, 0) is 9.47 Å². The van der Waals surface area contributed by atoms with E-state index in [1.165, 1.54) is 0 Å². The summed E-state index contributed by atoms with van der Waals surface area (Å²) >= 11 is 0. The number of hydrogen-bond acceptors (Lipinski definition) is 4. The van der Waals surface area contributed by atoms with Crippen molar-refractivity contribution in [1.82, 2.24) is 10.2 Å². The third-order valence-electron chi connectivity index (χ3n) is 2.88. The van der Waals surface area contributed by atoms with Crippen molar-refractivity contribution in [3.8, 4) is 0 Å². The Hall–Kier alpha value is -0.810. The summed E-state index contributed by atoms with van der Waals surface area (Å²) in [5, 5.41) is 3.41. The second-order valence-corrected chi connectivity index (χ2v) is 5.72. The molecule has 1 N–H and O–H groups in total. The molecule has 1 aliphatic rings. The van der Waals surface area contributed by atoms with Crippen molar-refractivity contribution in [2.75, 3.05) is 26.7 Å². The van der Waals surface area contributed by atoms with E-state index in [0.717, 1.165) is 13.0 Å². The van der Waals surface area contributed by atoms with Crippen LogP contribution in [0, 0.1) is 0 Å². The Morgan fingerprint density at radius 2 is 2.06 bits per heavy atom. The van der Waals surface area contributed by atoms with Gasteiger partial charge in [-0.2, -0.15) is 0 Å². The zero-order valence-corrected chi connectivity index (χ0v) is 12.2. The standard InChI is InChI=1S/C13H26N2O3/c1-6-7-14-10-8-15(9-11(10)17-5)12(16)18-13(2,3)4/h10-11,14H,6-9H2,1-5H3/t10?,11-/m0/s1. The summed E-state index contributed by atoms with van der Waals surface area (Å²) in [6.45, 7) is 9.92. The van der Waals surface area contributed by atoms with E-state index in [2.05, 4.69) is 12.2 Å². The quantitative estimate of drug-likeness (QED) is 0.832. The Labute approximate surface area is 110 Å². The minimum atomic E-state index is -0.450. The first-order valence-electron chi connectivity index (χ1n) is 6.61. The van der Waals surface area contributed by atoms with Gasteiger partial charge in [-0.05, 0) is 33.7 Å². The van der Waals surface area contributed by atoms with E-state index in [-0.39, 0.29) is 18.2 Å². The van der Waals surface area contributed by atoms with Crippen molar-refractivity contribution in [3.63, 3.8) is 0 Å². The molecule has 1 unspecified atom stereocenters. The molecule has 106 valence electrons. The molecule has 0 aromatic carbocycles. The molecule has 1 amide bonds. The van der Waals surface area contributed by atoms with E-state index in [4.69, 9.17) is 9.47 Å². The zero-order valence-electron chi connectivity index (χ0n) is 12.2. The Balaban J connectivity index is 2.52. The fraction of sp³-hybridized carbons (Fsp3) is 0.923. The first-order chi connectivity index (χ1) is 8.37. The van der Waals surface area contributed by atoms with Gasteiger partial charge in [0.2, 0.25) is 0 Å². The minimum Gasteiger partial charge on any atom is -0.444 e. The third kappa shape index (κ3) is 4.46. The van der Waals surface area contributed by atoms with Crippen LogP contribution in [0.25, 0.3) is 0 Å². The molecule has 0 radical (unpaired) electrons. The molecule has 0 aromatic rings. The summed E-state index contributed by atoms with van der Waals surface area (Å²) in [7, 11) is 1.68. The van der Waals surface area contributed by atoms with Crippen molar-refractivity contribution in [2.45, 2.75) is 51.9 Å². The lowest BCUT2D eigenvalue weighted by atomic mass is 10.2. The highest BCUT2D eigenvalue weighted by Gasteiger charge is 2.36. The van der Waals surface area contributed by atoms with Gasteiger partial charge in [0.1, 0.15) is 5.60 Å². The largest absolute Gasteiger partial charge is 0.444 e. The SMILES string of the molecule is CCCNC1CN(C(=O)OC(C)(C)C)C[C@@H]1OC. The summed E-state index contributed by atoms with van der Waals surface area (Å²) < 4.78 is 10.8. The van der Waals surface area contributed by atoms with Gasteiger partial charge in [-0.1, -0.05) is 6.92 Å². The van der Waals surface area contributed by atoms with E-state index in [1.54, 1.807) is 12.0 Å². The molecule has 2 atom stereocenters. The van der Waals surface area contributed by atoms with Crippen LogP contribution in [0.4, 0.5) is 4.79 Å². The lowest BCUT2D eigenvalue weighted by Gasteiger charge is -2.24. The monoisotopic (exact) mass is 258 g/mol. The van der Waals surface area contributed by atoms with E-state index in [1.807, 2.05) is 20.8 Å². The molecule has 1 saturated heterocycles. The molecule has 0 saturated carbocycles. The topological polar surface area (TPSA) is 50.8 Å². The smallest absolute Gasteiger partial charge is 0.410 e. The number of likely N-dealkylation sites (tertiary alicyclic amines) is 1. The molecule has 5 heteroatoms. The Bertz CT molecular complexity index is 276. The number of hydrogen-bond donors (Lipinski definition) is 1. The van der Waals surface area contributed by atoms with E-state index >= 15 is 0 Å². The summed E-state index contributed by atoms with van der Waals surface area (Å²) in [5.41, 5.74) is -0.450. The van der Waals surface area contributed by atoms with E-state index < -0.39 is 5.60 Å². The maximum atomic E-state index is 12.0. The first kappa shape index (κ1) is 15.2. The number of amides is 1. The van der Waals surface area contributed by atoms with Crippen LogP contribution in [-0.4, -0.2) is 55.5 Å². The predicted octanol–water partition coefficient (Wildman–Crippen LogP) is 1.62. The summed E-state index contributed by atoms with van der Waals surface area (Å²) in [6, 6.07) is 0.197. The molecular weight excluding hydrogens is 232 g/mol. The second kappa shape index (κ2) is 6.38. The van der Waals surface area contributed by atoms with Crippen LogP contribution < -0.4 is 5.32 Å². The van der Waals surface area contributed by atoms with Crippen molar-refractivity contribution < 1.29 is 14.3 Å². The fourth-order valence-electron chi connectivity index (χ4n) is 2.01. The lowest BCUT2D eigenvalue weighted by molar-refractivity contribution is 0.0252. The predicted molar refractivity (Wildman–Crippen MR) is 70.7 cm³/mol. The third-order valence-corrected chi connectivity index (χ3v) is 2.88. The van der Waals surface area contributed by atoms with Crippen molar-refractivity contribution in [3.05, 3.63) is 0 Å². The summed E-state index contributed by atoms with van der Waals surface area (Å²) in [6.07, 6.45) is 0.855. The molecule has 18 heavy (non-hydrogen) atoms. The van der Waals surface area contributed by atoms with Crippen molar-refractivity contribution in [2.24, 2.45) is 0 Å². The van der Waals surface area contributed by atoms with Gasteiger partial charge < -0.3 is 19.7 Å². The maximum Gasteiger partial charge on any atom is 0.410 e. The van der Waals surface area contributed by atoms with Crippen LogP contribution in [0.1, 0.15) is 34.1 Å². The minimum absolute atomic E-state index is 0.0454. The Kier molecular flexibility index (Phi) is 5.41. The highest BCUT2D eigenvalue weighted by molar-refractivity contribution is 5.68. The molecule has 0 aromatic heterocycles. The number of carbonyl (C=O) groups is 1. The van der Waals surface area contributed by atoms with Gasteiger partial charge in [-0.3, -0.25) is 0 Å². The fourth-order valence-corrected chi connectivity index (χ4v) is 2.01. The summed E-state index contributed by atoms with van der Waals surface area (Å²) in [5.74, 6) is 0. The molecule has 0 aliphatic carbocycles. The average molecular weight is 258 g/mol. The van der Waals surface area contributed by atoms with E-state index in [9.17, 15) is 4.79 Å². The number of carbonyl (C=O) groups excluding carboxylic acids is 1. The highest BCUT2D eigenvalue weighted by Crippen LogP contribution is 2.17. The lowest BCUT2D eigenvalue weighted by Crippen LogP contribution is -2.41. The average Bonchev–Trinajstić information content (AvgIpc) is 2.67. The van der Waals surface area contributed by atoms with Crippen molar-refractivity contribution in [1.29, 1.82) is 0 Å². The Morgan fingerprint density at radius 3 is 2.56 bits per heavy atom. The zero-order chi connectivity index (χ0) is 13.8. The second-order valence-electron chi connectivity index (χ2n) is 5.72. The van der Waals surface area contributed by atoms with Gasteiger partial charge in [-0.25, -0.2) is 4.79 Å². The number of nitrogens with zero attached hydrogens (tertiary/aromatic N) is 1. The van der Waals surface area contributed by atoms with Crippen LogP contribution >= 0.6 is 0 Å². The molecule has 0 bridgehead atoms. The number of rotatable bonds is 4. The Morgan fingerprint density at radius 1 is 1.39 bits per heavy atom. The van der Waals surface area contributed by atoms with Crippen LogP contribution in [0.5, 0.6) is 0 Å². The normalized spacial score (nSPS) is 24.4. The van der Waals surface area contributed by atoms with Gasteiger partial charge in [0.25, 0.3) is 0 Å². The number of methoxy groups -OCH3 is 1. The van der Waals surface area contributed by atoms with Gasteiger partial charge >= 0.3 is 6.09 Å². The molecule has 1 heterocycles. The molecule has 1 fully saturated rings. The van der Waals surface area contributed by atoms with Crippen LogP contribution in [0.3, 0.4) is 0 Å². The van der Waals surface area contributed by atoms with Crippen LogP contribution in [0.2, 0.25) is 0 Å². The highest BCUT2D eigenvalue weighted by atomic mass is 16.6. The van der Waals surface area contributed by atoms with Crippen LogP contribution in [0.15, 0.2) is 0 Å². The molecule has 1 aliphatic heterocycles. The maximum absolute atomic E-state index is 12.0. The van der Waals surface area contributed by atoms with Crippen molar-refractivity contribution >= 4 is 6.09 Å². The molecule has 1 rings (SSSR count). The first-order valence-corrected chi connectivity index (χ1v) is 6.61. The molecule has 5 nitrogen and oxygen atoms in total. The van der Waals surface area contributed by atoms with E-state index in [0.29, 0.717) is 13.1 Å². The van der Waals surface area contributed by atoms with Gasteiger partial charge in [-0.15, -0.1) is 0 Å². The number of ether oxygens (including phenoxy) is 2. The number of nitrogens with one attached hydrogen (secondary N) is 1. The molecular formula is C13H26N2O3. The van der Waals surface area contributed by atoms with Gasteiger partial charge in [0.15, 0.2) is 0 Å². The molecule has 0 spiro atoms. The van der Waals surface area contributed by atoms with Gasteiger partial charge in [0.05, 0.1) is 18.7 Å². The summed E-state index contributed by atoms with van der Waals surface area (Å²) in [4.78, 5) is 13.7. The van der Waals surface area contributed by atoms with Gasteiger partial charge in [0, 0.05) is 13.7 Å².